The molecule has 2 aliphatic heterocycles. The van der Waals surface area contributed by atoms with Gasteiger partial charge < -0.3 is 0 Å². The third-order valence-electron chi connectivity index (χ3n) is 5.83. The van der Waals surface area contributed by atoms with Crippen molar-refractivity contribution < 1.29 is 0 Å². The lowest BCUT2D eigenvalue weighted by Gasteiger charge is -2.31. The molecule has 0 spiro atoms. The van der Waals surface area contributed by atoms with Gasteiger partial charge in [-0.2, -0.15) is 10.2 Å². The molecular formula is C20H25N7O. The van der Waals surface area contributed by atoms with Crippen molar-refractivity contribution in [2.75, 3.05) is 13.1 Å². The smallest absolute Gasteiger partial charge is 0.266 e. The molecule has 0 aromatic carbocycles. The highest BCUT2D eigenvalue weighted by atomic mass is 16.1. The first-order valence-corrected chi connectivity index (χ1v) is 10.1. The van der Waals surface area contributed by atoms with Crippen LogP contribution in [0.1, 0.15) is 30.7 Å². The number of hydrogen-bond donors (Lipinski definition) is 0. The SMILES string of the molecule is O=c1ccc(-n2cccn2)nn1CC1CCN(Cc2cc3n(n2)CCC3)CC1. The number of rotatable bonds is 5. The summed E-state index contributed by atoms with van der Waals surface area (Å²) in [7, 11) is 0. The number of piperidine rings is 1. The molecule has 0 saturated carbocycles. The fourth-order valence-electron chi connectivity index (χ4n) is 4.29. The zero-order valence-corrected chi connectivity index (χ0v) is 15.9. The van der Waals surface area contributed by atoms with Crippen molar-refractivity contribution >= 4 is 0 Å². The number of likely N-dealkylation sites (tertiary alicyclic amines) is 1. The first kappa shape index (κ1) is 17.4. The van der Waals surface area contributed by atoms with E-state index in [4.69, 9.17) is 5.10 Å². The lowest BCUT2D eigenvalue weighted by Crippen LogP contribution is -2.36. The molecule has 0 radical (unpaired) electrons. The zero-order valence-electron chi connectivity index (χ0n) is 15.9. The van der Waals surface area contributed by atoms with E-state index in [2.05, 4.69) is 25.8 Å². The van der Waals surface area contributed by atoms with E-state index in [1.807, 2.05) is 12.3 Å². The van der Waals surface area contributed by atoms with Crippen LogP contribution in [0.25, 0.3) is 5.82 Å². The van der Waals surface area contributed by atoms with Crippen molar-refractivity contribution in [3.05, 3.63) is 58.4 Å². The van der Waals surface area contributed by atoms with Crippen molar-refractivity contribution in [1.29, 1.82) is 0 Å². The van der Waals surface area contributed by atoms with Crippen LogP contribution in [0.3, 0.4) is 0 Å². The first-order valence-electron chi connectivity index (χ1n) is 10.1. The van der Waals surface area contributed by atoms with E-state index < -0.39 is 0 Å². The highest BCUT2D eigenvalue weighted by molar-refractivity contribution is 5.17. The van der Waals surface area contributed by atoms with Crippen LogP contribution < -0.4 is 5.56 Å². The Balaban J connectivity index is 1.19. The number of aromatic nitrogens is 6. The highest BCUT2D eigenvalue weighted by Crippen LogP contribution is 2.21. The second-order valence-electron chi connectivity index (χ2n) is 7.84. The predicted octanol–water partition coefficient (Wildman–Crippen LogP) is 1.48. The first-order chi connectivity index (χ1) is 13.7. The summed E-state index contributed by atoms with van der Waals surface area (Å²) in [5, 5.41) is 13.4. The second-order valence-corrected chi connectivity index (χ2v) is 7.84. The quantitative estimate of drug-likeness (QED) is 0.671. The topological polar surface area (TPSA) is 73.8 Å². The second kappa shape index (κ2) is 7.35. The van der Waals surface area contributed by atoms with Crippen LogP contribution in [0.4, 0.5) is 0 Å². The van der Waals surface area contributed by atoms with E-state index in [0.717, 1.165) is 45.4 Å². The minimum atomic E-state index is -0.0501. The normalized spacial score (nSPS) is 17.9. The van der Waals surface area contributed by atoms with Crippen molar-refractivity contribution in [1.82, 2.24) is 34.2 Å². The lowest BCUT2D eigenvalue weighted by atomic mass is 9.96. The Labute approximate surface area is 163 Å². The Bertz CT molecular complexity index is 974. The van der Waals surface area contributed by atoms with Crippen LogP contribution in [-0.4, -0.2) is 47.3 Å². The maximum absolute atomic E-state index is 12.2. The molecule has 5 heterocycles. The van der Waals surface area contributed by atoms with Crippen LogP contribution in [0.15, 0.2) is 41.5 Å². The van der Waals surface area contributed by atoms with Gasteiger partial charge in [0.1, 0.15) is 0 Å². The molecule has 3 aromatic rings. The van der Waals surface area contributed by atoms with Crippen LogP contribution >= 0.6 is 0 Å². The van der Waals surface area contributed by atoms with Crippen LogP contribution in [-0.2, 0) is 26.1 Å². The molecule has 0 amide bonds. The van der Waals surface area contributed by atoms with Gasteiger partial charge in [0, 0.05) is 43.8 Å². The third-order valence-corrected chi connectivity index (χ3v) is 5.83. The molecule has 0 unspecified atom stereocenters. The molecule has 3 aromatic heterocycles. The monoisotopic (exact) mass is 379 g/mol. The zero-order chi connectivity index (χ0) is 18.9. The summed E-state index contributed by atoms with van der Waals surface area (Å²) in [6, 6.07) is 7.42. The van der Waals surface area contributed by atoms with Crippen molar-refractivity contribution in [3.8, 4) is 5.82 Å². The van der Waals surface area contributed by atoms with Gasteiger partial charge in [-0.05, 0) is 62.9 Å². The Kier molecular flexibility index (Phi) is 4.56. The Hall–Kier alpha value is -2.74. The molecule has 1 saturated heterocycles. The minimum Gasteiger partial charge on any atom is -0.297 e. The van der Waals surface area contributed by atoms with Crippen LogP contribution in [0.2, 0.25) is 0 Å². The maximum atomic E-state index is 12.2. The molecule has 5 rings (SSSR count). The summed E-state index contributed by atoms with van der Waals surface area (Å²) in [5.41, 5.74) is 2.52. The van der Waals surface area contributed by atoms with Gasteiger partial charge in [0.15, 0.2) is 5.82 Å². The van der Waals surface area contributed by atoms with E-state index in [-0.39, 0.29) is 5.56 Å². The van der Waals surface area contributed by atoms with Crippen molar-refractivity contribution in [2.45, 2.75) is 45.3 Å². The molecule has 28 heavy (non-hydrogen) atoms. The Morgan fingerprint density at radius 3 is 2.79 bits per heavy atom. The van der Waals surface area contributed by atoms with Gasteiger partial charge >= 0.3 is 0 Å². The van der Waals surface area contributed by atoms with E-state index in [1.165, 1.54) is 17.8 Å². The highest BCUT2D eigenvalue weighted by Gasteiger charge is 2.22. The van der Waals surface area contributed by atoms with Gasteiger partial charge in [-0.1, -0.05) is 0 Å². The average molecular weight is 379 g/mol. The van der Waals surface area contributed by atoms with Crippen LogP contribution in [0, 0.1) is 5.92 Å². The van der Waals surface area contributed by atoms with Gasteiger partial charge in [0.2, 0.25) is 0 Å². The Morgan fingerprint density at radius 2 is 2.00 bits per heavy atom. The van der Waals surface area contributed by atoms with Gasteiger partial charge in [0.05, 0.1) is 5.69 Å². The number of hydrogen-bond acceptors (Lipinski definition) is 5. The Morgan fingerprint density at radius 1 is 1.11 bits per heavy atom. The number of aryl methyl sites for hydroxylation is 2. The van der Waals surface area contributed by atoms with E-state index in [1.54, 1.807) is 27.7 Å². The summed E-state index contributed by atoms with van der Waals surface area (Å²) in [5.74, 6) is 1.15. The standard InChI is InChI=1S/C20H25N7O/c28-20-5-4-19(26-10-2-8-21-26)23-27(20)14-16-6-11-24(12-7-16)15-17-13-18-3-1-9-25(18)22-17/h2,4-5,8,10,13,16H,1,3,6-7,9,11-12,14-15H2. The summed E-state index contributed by atoms with van der Waals surface area (Å²) in [6.45, 7) is 4.75. The molecular weight excluding hydrogens is 354 g/mol. The van der Waals surface area contributed by atoms with Gasteiger partial charge in [-0.3, -0.25) is 14.4 Å². The van der Waals surface area contributed by atoms with Crippen molar-refractivity contribution in [2.24, 2.45) is 5.92 Å². The molecule has 0 aliphatic carbocycles. The summed E-state index contributed by atoms with van der Waals surface area (Å²) in [6.07, 6.45) is 8.09. The van der Waals surface area contributed by atoms with Crippen molar-refractivity contribution in [3.63, 3.8) is 0 Å². The maximum Gasteiger partial charge on any atom is 0.266 e. The molecule has 1 fully saturated rings. The van der Waals surface area contributed by atoms with E-state index in [0.29, 0.717) is 18.3 Å². The fraction of sp³-hybridized carbons (Fsp3) is 0.500. The molecule has 2 aliphatic rings. The molecule has 0 bridgehead atoms. The fourth-order valence-corrected chi connectivity index (χ4v) is 4.29. The molecule has 8 heteroatoms. The lowest BCUT2D eigenvalue weighted by molar-refractivity contribution is 0.161. The predicted molar refractivity (Wildman–Crippen MR) is 104 cm³/mol. The summed E-state index contributed by atoms with van der Waals surface area (Å²) >= 11 is 0. The molecule has 146 valence electrons. The van der Waals surface area contributed by atoms with Gasteiger partial charge in [-0.15, -0.1) is 5.10 Å². The molecule has 0 N–H and O–H groups in total. The molecule has 0 atom stereocenters. The number of fused-ring (bicyclic) bond motifs is 1. The van der Waals surface area contributed by atoms with E-state index in [9.17, 15) is 4.79 Å². The van der Waals surface area contributed by atoms with E-state index >= 15 is 0 Å². The summed E-state index contributed by atoms with van der Waals surface area (Å²) < 4.78 is 5.44. The third kappa shape index (κ3) is 3.52. The largest absolute Gasteiger partial charge is 0.297 e. The summed E-state index contributed by atoms with van der Waals surface area (Å²) in [4.78, 5) is 14.7. The van der Waals surface area contributed by atoms with Crippen LogP contribution in [0.5, 0.6) is 0 Å². The minimum absolute atomic E-state index is 0.0501. The molecule has 8 nitrogen and oxygen atoms in total. The number of nitrogens with zero attached hydrogens (tertiary/aromatic N) is 7. The van der Waals surface area contributed by atoms with Gasteiger partial charge in [-0.25, -0.2) is 9.36 Å². The average Bonchev–Trinajstić information content (AvgIpc) is 3.43. The van der Waals surface area contributed by atoms with Gasteiger partial charge in [0.25, 0.3) is 5.56 Å².